The van der Waals surface area contributed by atoms with Gasteiger partial charge in [0, 0.05) is 13.1 Å². The van der Waals surface area contributed by atoms with Gasteiger partial charge in [0.05, 0.1) is 17.4 Å². The summed E-state index contributed by atoms with van der Waals surface area (Å²) in [6, 6.07) is 1.82. The van der Waals surface area contributed by atoms with E-state index in [-0.39, 0.29) is 6.04 Å². The fraction of sp³-hybridized carbons (Fsp3) is 0.500. The topological polar surface area (TPSA) is 85.2 Å². The van der Waals surface area contributed by atoms with Crippen LogP contribution >= 0.6 is 0 Å². The first kappa shape index (κ1) is 13.3. The number of pyridine rings is 1. The normalized spacial score (nSPS) is 12.5. The second kappa shape index (κ2) is 5.03. The van der Waals surface area contributed by atoms with E-state index >= 15 is 0 Å². The van der Waals surface area contributed by atoms with E-state index in [9.17, 15) is 4.79 Å². The molecular weight excluding hydrogens is 216 g/mol. The van der Waals surface area contributed by atoms with E-state index in [4.69, 9.17) is 11.5 Å². The van der Waals surface area contributed by atoms with Crippen LogP contribution in [0.5, 0.6) is 0 Å². The molecule has 1 heterocycles. The number of amides is 1. The van der Waals surface area contributed by atoms with Gasteiger partial charge in [-0.2, -0.15) is 0 Å². The molecular formula is C12H20N4O. The minimum absolute atomic E-state index is 0.254. The fourth-order valence-electron chi connectivity index (χ4n) is 1.58. The summed E-state index contributed by atoms with van der Waals surface area (Å²) in [5, 5.41) is 0. The summed E-state index contributed by atoms with van der Waals surface area (Å²) in [4.78, 5) is 17.5. The van der Waals surface area contributed by atoms with E-state index < -0.39 is 5.91 Å². The van der Waals surface area contributed by atoms with Crippen LogP contribution in [0.1, 0.15) is 31.1 Å². The van der Waals surface area contributed by atoms with E-state index in [1.54, 1.807) is 6.07 Å². The Morgan fingerprint density at radius 3 is 2.47 bits per heavy atom. The van der Waals surface area contributed by atoms with Gasteiger partial charge in [-0.05, 0) is 18.9 Å². The number of nitrogens with two attached hydrogens (primary N) is 2. The molecule has 1 atom stereocenters. The van der Waals surface area contributed by atoms with Crippen molar-refractivity contribution in [2.24, 2.45) is 11.7 Å². The first-order valence-corrected chi connectivity index (χ1v) is 5.62. The van der Waals surface area contributed by atoms with E-state index in [0.717, 1.165) is 0 Å². The second-order valence-corrected chi connectivity index (χ2v) is 4.60. The van der Waals surface area contributed by atoms with E-state index in [0.29, 0.717) is 23.0 Å². The van der Waals surface area contributed by atoms with Crippen LogP contribution in [-0.4, -0.2) is 24.0 Å². The molecule has 0 radical (unpaired) electrons. The van der Waals surface area contributed by atoms with E-state index in [1.165, 1.54) is 6.20 Å². The molecule has 0 bridgehead atoms. The number of rotatable bonds is 4. The minimum atomic E-state index is -0.511. The standard InChI is InChI=1S/C12H20N4O/c1-7(2)8(3)16(4)12-10(11(14)17)5-9(13)6-15-12/h5-8H,13H2,1-4H3,(H2,14,17). The predicted octanol–water partition coefficient (Wildman–Crippen LogP) is 1.24. The van der Waals surface area contributed by atoms with Crippen LogP contribution in [0.4, 0.5) is 11.5 Å². The lowest BCUT2D eigenvalue weighted by molar-refractivity contribution is 0.100. The van der Waals surface area contributed by atoms with Gasteiger partial charge in [0.2, 0.25) is 0 Å². The Morgan fingerprint density at radius 2 is 2.00 bits per heavy atom. The third-order valence-electron chi connectivity index (χ3n) is 3.06. The van der Waals surface area contributed by atoms with Crippen LogP contribution in [0.15, 0.2) is 12.3 Å². The number of hydrogen-bond donors (Lipinski definition) is 2. The molecule has 0 aromatic carbocycles. The summed E-state index contributed by atoms with van der Waals surface area (Å²) in [7, 11) is 1.90. The molecule has 1 aromatic rings. The van der Waals surface area contributed by atoms with E-state index in [1.807, 2.05) is 11.9 Å². The van der Waals surface area contributed by atoms with Gasteiger partial charge in [0.25, 0.3) is 5.91 Å². The van der Waals surface area contributed by atoms with Crippen LogP contribution in [-0.2, 0) is 0 Å². The molecule has 5 nitrogen and oxygen atoms in total. The van der Waals surface area contributed by atoms with Gasteiger partial charge in [0.15, 0.2) is 0 Å². The molecule has 0 fully saturated rings. The van der Waals surface area contributed by atoms with Gasteiger partial charge in [0.1, 0.15) is 5.82 Å². The molecule has 0 aliphatic carbocycles. The summed E-state index contributed by atoms with van der Waals surface area (Å²) < 4.78 is 0. The summed E-state index contributed by atoms with van der Waals surface area (Å²) in [6.07, 6.45) is 1.53. The monoisotopic (exact) mass is 236 g/mol. The van der Waals surface area contributed by atoms with Gasteiger partial charge in [-0.15, -0.1) is 0 Å². The van der Waals surface area contributed by atoms with E-state index in [2.05, 4.69) is 25.8 Å². The maximum Gasteiger partial charge on any atom is 0.252 e. The van der Waals surface area contributed by atoms with Gasteiger partial charge in [-0.25, -0.2) is 4.98 Å². The molecule has 5 heteroatoms. The highest BCUT2D eigenvalue weighted by Gasteiger charge is 2.20. The highest BCUT2D eigenvalue weighted by atomic mass is 16.1. The SMILES string of the molecule is CC(C)C(C)N(C)c1ncc(N)cc1C(N)=O. The predicted molar refractivity (Wildman–Crippen MR) is 69.9 cm³/mol. The number of nitrogen functional groups attached to an aromatic ring is 1. The van der Waals surface area contributed by atoms with Crippen LogP contribution in [0.25, 0.3) is 0 Å². The molecule has 1 amide bonds. The van der Waals surface area contributed by atoms with Crippen LogP contribution in [0, 0.1) is 5.92 Å². The lowest BCUT2D eigenvalue weighted by Crippen LogP contribution is -2.35. The molecule has 0 aliphatic rings. The Hall–Kier alpha value is -1.78. The molecule has 0 aliphatic heterocycles. The third kappa shape index (κ3) is 2.87. The zero-order chi connectivity index (χ0) is 13.2. The number of nitrogens with zero attached hydrogens (tertiary/aromatic N) is 2. The Kier molecular flexibility index (Phi) is 3.93. The molecule has 0 saturated carbocycles. The van der Waals surface area contributed by atoms with Gasteiger partial charge in [-0.1, -0.05) is 13.8 Å². The van der Waals surface area contributed by atoms with Crippen molar-refractivity contribution >= 4 is 17.4 Å². The number of hydrogen-bond acceptors (Lipinski definition) is 4. The number of aromatic nitrogens is 1. The maximum atomic E-state index is 11.4. The first-order valence-electron chi connectivity index (χ1n) is 5.62. The first-order chi connectivity index (χ1) is 7.84. The number of primary amides is 1. The maximum absolute atomic E-state index is 11.4. The lowest BCUT2D eigenvalue weighted by Gasteiger charge is -2.30. The average Bonchev–Trinajstić information content (AvgIpc) is 2.26. The van der Waals surface area contributed by atoms with Gasteiger partial charge in [-0.3, -0.25) is 4.79 Å². The van der Waals surface area contributed by atoms with Crippen LogP contribution in [0.2, 0.25) is 0 Å². The third-order valence-corrected chi connectivity index (χ3v) is 3.06. The zero-order valence-electron chi connectivity index (χ0n) is 10.8. The number of carbonyl (C=O) groups excluding carboxylic acids is 1. The molecule has 1 unspecified atom stereocenters. The van der Waals surface area contributed by atoms with Crippen molar-refractivity contribution in [2.75, 3.05) is 17.7 Å². The highest BCUT2D eigenvalue weighted by Crippen LogP contribution is 2.22. The van der Waals surface area contributed by atoms with Crippen molar-refractivity contribution in [1.29, 1.82) is 0 Å². The molecule has 4 N–H and O–H groups in total. The Labute approximate surface area is 102 Å². The minimum Gasteiger partial charge on any atom is -0.397 e. The lowest BCUT2D eigenvalue weighted by atomic mass is 10.0. The largest absolute Gasteiger partial charge is 0.397 e. The molecule has 94 valence electrons. The highest BCUT2D eigenvalue weighted by molar-refractivity contribution is 5.98. The molecule has 0 spiro atoms. The smallest absolute Gasteiger partial charge is 0.252 e. The number of anilines is 2. The van der Waals surface area contributed by atoms with Crippen molar-refractivity contribution in [1.82, 2.24) is 4.98 Å². The fourth-order valence-corrected chi connectivity index (χ4v) is 1.58. The van der Waals surface area contributed by atoms with Crippen LogP contribution in [0.3, 0.4) is 0 Å². The molecule has 0 saturated heterocycles. The van der Waals surface area contributed by atoms with Gasteiger partial charge < -0.3 is 16.4 Å². The number of carbonyl (C=O) groups is 1. The van der Waals surface area contributed by atoms with Crippen LogP contribution < -0.4 is 16.4 Å². The summed E-state index contributed by atoms with van der Waals surface area (Å²) in [6.45, 7) is 6.30. The Balaban J connectivity index is 3.17. The summed E-state index contributed by atoms with van der Waals surface area (Å²) in [5.74, 6) is 0.510. The molecule has 1 rings (SSSR count). The van der Waals surface area contributed by atoms with Crippen molar-refractivity contribution < 1.29 is 4.79 Å². The van der Waals surface area contributed by atoms with Crippen molar-refractivity contribution in [2.45, 2.75) is 26.8 Å². The molecule has 17 heavy (non-hydrogen) atoms. The quantitative estimate of drug-likeness (QED) is 0.823. The van der Waals surface area contributed by atoms with Gasteiger partial charge >= 0.3 is 0 Å². The summed E-state index contributed by atoms with van der Waals surface area (Å²) in [5.41, 5.74) is 11.7. The second-order valence-electron chi connectivity index (χ2n) is 4.60. The van der Waals surface area contributed by atoms with Crippen molar-refractivity contribution in [3.8, 4) is 0 Å². The Morgan fingerprint density at radius 1 is 1.41 bits per heavy atom. The summed E-state index contributed by atoms with van der Waals surface area (Å²) >= 11 is 0. The zero-order valence-corrected chi connectivity index (χ0v) is 10.8. The Bertz CT molecular complexity index is 417. The average molecular weight is 236 g/mol. The van der Waals surface area contributed by atoms with Crippen molar-refractivity contribution in [3.05, 3.63) is 17.8 Å². The van der Waals surface area contributed by atoms with Crippen molar-refractivity contribution in [3.63, 3.8) is 0 Å². The molecule has 1 aromatic heterocycles.